The van der Waals surface area contributed by atoms with Crippen LogP contribution < -0.4 is 16.0 Å². The van der Waals surface area contributed by atoms with E-state index in [1.807, 2.05) is 42.5 Å². The minimum absolute atomic E-state index is 0.163. The standard InChI is InChI=1S/C27H22ClN5O2/c28-22-15-29-27-31-20-3-1-2-16(12-20)4-5-17-14-21(30-25(22)33-27)7-8-23(17)32-26(34)19-6-9-24-18(13-19)10-11-35-24/h1-3,6-11,13-16H,4-5,12H2,(H,32,34)(H2,29,30,31,33). The molecule has 6 bridgehead atoms. The predicted molar refractivity (Wildman–Crippen MR) is 138 cm³/mol. The van der Waals surface area contributed by atoms with Crippen molar-refractivity contribution in [3.05, 3.63) is 95.0 Å². The second-order valence-electron chi connectivity index (χ2n) is 8.72. The summed E-state index contributed by atoms with van der Waals surface area (Å²) in [5.41, 5.74) is 5.04. The van der Waals surface area contributed by atoms with Crippen molar-refractivity contribution in [2.24, 2.45) is 5.92 Å². The van der Waals surface area contributed by atoms with Crippen LogP contribution >= 0.6 is 11.6 Å². The summed E-state index contributed by atoms with van der Waals surface area (Å²) in [6.45, 7) is 0. The summed E-state index contributed by atoms with van der Waals surface area (Å²) in [7, 11) is 0. The highest BCUT2D eigenvalue weighted by molar-refractivity contribution is 6.32. The molecule has 2 aliphatic rings. The Hall–Kier alpha value is -4.10. The Labute approximate surface area is 206 Å². The molecule has 0 fully saturated rings. The molecule has 2 aromatic carbocycles. The van der Waals surface area contributed by atoms with E-state index < -0.39 is 0 Å². The van der Waals surface area contributed by atoms with Crippen molar-refractivity contribution in [3.63, 3.8) is 0 Å². The highest BCUT2D eigenvalue weighted by Gasteiger charge is 2.18. The molecule has 3 N–H and O–H groups in total. The monoisotopic (exact) mass is 483 g/mol. The quantitative estimate of drug-likeness (QED) is 0.294. The molecule has 1 atom stereocenters. The summed E-state index contributed by atoms with van der Waals surface area (Å²) in [5.74, 6) is 1.21. The number of fused-ring (bicyclic) bond motifs is 7. The van der Waals surface area contributed by atoms with Gasteiger partial charge in [-0.1, -0.05) is 23.8 Å². The molecule has 0 saturated heterocycles. The fourth-order valence-electron chi connectivity index (χ4n) is 4.48. The molecule has 6 rings (SSSR count). The molecule has 1 aliphatic carbocycles. The zero-order valence-corrected chi connectivity index (χ0v) is 19.5. The number of nitrogens with one attached hydrogen (secondary N) is 3. The maximum atomic E-state index is 13.1. The molecule has 3 heterocycles. The van der Waals surface area contributed by atoms with E-state index in [9.17, 15) is 4.79 Å². The van der Waals surface area contributed by atoms with E-state index in [1.165, 1.54) is 0 Å². The lowest BCUT2D eigenvalue weighted by Crippen LogP contribution is -2.14. The Morgan fingerprint density at radius 1 is 1.14 bits per heavy atom. The smallest absolute Gasteiger partial charge is 0.255 e. The van der Waals surface area contributed by atoms with Crippen molar-refractivity contribution in [3.8, 4) is 0 Å². The van der Waals surface area contributed by atoms with E-state index in [0.29, 0.717) is 28.3 Å². The SMILES string of the molecule is O=C(Nc1ccc2cc1CCC1C=CC=C(C1)Nc1ncc(Cl)c(n1)N2)c1ccc2occc2c1. The molecular weight excluding hydrogens is 462 g/mol. The van der Waals surface area contributed by atoms with E-state index in [2.05, 4.69) is 38.1 Å². The normalized spacial score (nSPS) is 16.7. The molecule has 0 radical (unpaired) electrons. The van der Waals surface area contributed by atoms with Gasteiger partial charge in [-0.05, 0) is 79.3 Å². The van der Waals surface area contributed by atoms with E-state index in [1.54, 1.807) is 18.5 Å². The van der Waals surface area contributed by atoms with Crippen molar-refractivity contribution in [1.29, 1.82) is 0 Å². The minimum Gasteiger partial charge on any atom is -0.464 e. The van der Waals surface area contributed by atoms with Crippen LogP contribution in [0.1, 0.15) is 28.8 Å². The first-order valence-corrected chi connectivity index (χ1v) is 11.8. The highest BCUT2D eigenvalue weighted by atomic mass is 35.5. The minimum atomic E-state index is -0.163. The Morgan fingerprint density at radius 3 is 3.03 bits per heavy atom. The van der Waals surface area contributed by atoms with E-state index >= 15 is 0 Å². The Morgan fingerprint density at radius 2 is 2.09 bits per heavy atom. The van der Waals surface area contributed by atoms with Crippen LogP contribution in [0, 0.1) is 5.92 Å². The number of aryl methyl sites for hydroxylation is 1. The van der Waals surface area contributed by atoms with E-state index in [-0.39, 0.29) is 5.91 Å². The van der Waals surface area contributed by atoms with E-state index in [4.69, 9.17) is 16.0 Å². The molecule has 0 saturated carbocycles. The number of furan rings is 1. The van der Waals surface area contributed by atoms with Crippen LogP contribution in [0.4, 0.5) is 23.1 Å². The number of anilines is 4. The zero-order valence-electron chi connectivity index (χ0n) is 18.7. The first-order chi connectivity index (χ1) is 17.1. The van der Waals surface area contributed by atoms with Crippen molar-refractivity contribution >= 4 is 51.6 Å². The molecule has 1 aliphatic heterocycles. The molecule has 1 amide bonds. The van der Waals surface area contributed by atoms with Gasteiger partial charge in [-0.2, -0.15) is 4.98 Å². The van der Waals surface area contributed by atoms with Crippen LogP contribution in [0.3, 0.4) is 0 Å². The summed E-state index contributed by atoms with van der Waals surface area (Å²) in [5, 5.41) is 11.0. The molecule has 0 spiro atoms. The summed E-state index contributed by atoms with van der Waals surface area (Å²) < 4.78 is 5.39. The second kappa shape index (κ2) is 8.92. The molecular formula is C27H22ClN5O2. The predicted octanol–water partition coefficient (Wildman–Crippen LogP) is 6.69. The maximum Gasteiger partial charge on any atom is 0.255 e. The number of benzene rings is 2. The van der Waals surface area contributed by atoms with Crippen molar-refractivity contribution in [2.45, 2.75) is 19.3 Å². The number of amides is 1. The van der Waals surface area contributed by atoms with Gasteiger partial charge in [0.1, 0.15) is 10.6 Å². The van der Waals surface area contributed by atoms with Crippen molar-refractivity contribution in [1.82, 2.24) is 9.97 Å². The number of carbonyl (C=O) groups is 1. The van der Waals surface area contributed by atoms with Crippen LogP contribution in [-0.4, -0.2) is 15.9 Å². The summed E-state index contributed by atoms with van der Waals surface area (Å²) in [4.78, 5) is 22.0. The number of hydrogen-bond acceptors (Lipinski definition) is 6. The van der Waals surface area contributed by atoms with Gasteiger partial charge in [-0.3, -0.25) is 4.79 Å². The molecule has 174 valence electrons. The average molecular weight is 484 g/mol. The third-order valence-electron chi connectivity index (χ3n) is 6.29. The molecule has 2 aromatic heterocycles. The first-order valence-electron chi connectivity index (χ1n) is 11.5. The fourth-order valence-corrected chi connectivity index (χ4v) is 4.62. The molecule has 1 unspecified atom stereocenters. The maximum absolute atomic E-state index is 13.1. The Bertz CT molecular complexity index is 1510. The Kier molecular flexibility index (Phi) is 5.47. The number of halogens is 1. The molecule has 7 nitrogen and oxygen atoms in total. The average Bonchev–Trinajstić information content (AvgIpc) is 3.34. The van der Waals surface area contributed by atoms with Gasteiger partial charge in [0.25, 0.3) is 5.91 Å². The number of carbonyl (C=O) groups excluding carboxylic acids is 1. The van der Waals surface area contributed by atoms with Crippen LogP contribution in [0.5, 0.6) is 0 Å². The van der Waals surface area contributed by atoms with Crippen LogP contribution in [0.25, 0.3) is 11.0 Å². The van der Waals surface area contributed by atoms with Gasteiger partial charge in [0.05, 0.1) is 12.5 Å². The van der Waals surface area contributed by atoms with Gasteiger partial charge < -0.3 is 20.4 Å². The van der Waals surface area contributed by atoms with Crippen molar-refractivity contribution < 1.29 is 9.21 Å². The number of nitrogens with zero attached hydrogens (tertiary/aromatic N) is 2. The van der Waals surface area contributed by atoms with Gasteiger partial charge in [0.2, 0.25) is 5.95 Å². The fraction of sp³-hybridized carbons (Fsp3) is 0.148. The lowest BCUT2D eigenvalue weighted by Gasteiger charge is -2.20. The molecule has 4 aromatic rings. The second-order valence-corrected chi connectivity index (χ2v) is 9.13. The van der Waals surface area contributed by atoms with Gasteiger partial charge >= 0.3 is 0 Å². The van der Waals surface area contributed by atoms with E-state index in [0.717, 1.165) is 52.9 Å². The van der Waals surface area contributed by atoms with Gasteiger partial charge in [-0.25, -0.2) is 4.98 Å². The third-order valence-corrected chi connectivity index (χ3v) is 6.57. The number of rotatable bonds is 2. The largest absolute Gasteiger partial charge is 0.464 e. The third kappa shape index (κ3) is 4.50. The Balaban J connectivity index is 1.33. The summed E-state index contributed by atoms with van der Waals surface area (Å²) in [6.07, 6.45) is 12.1. The van der Waals surface area contributed by atoms with Crippen molar-refractivity contribution in [2.75, 3.05) is 16.0 Å². The highest BCUT2D eigenvalue weighted by Crippen LogP contribution is 2.32. The summed E-state index contributed by atoms with van der Waals surface area (Å²) >= 11 is 6.37. The van der Waals surface area contributed by atoms with Crippen LogP contribution in [-0.2, 0) is 6.42 Å². The summed E-state index contributed by atoms with van der Waals surface area (Å²) in [6, 6.07) is 13.1. The number of hydrogen-bond donors (Lipinski definition) is 3. The lowest BCUT2D eigenvalue weighted by atomic mass is 9.91. The van der Waals surface area contributed by atoms with Gasteiger partial charge in [0, 0.05) is 28.0 Å². The number of aromatic nitrogens is 2. The van der Waals surface area contributed by atoms with Gasteiger partial charge in [-0.15, -0.1) is 0 Å². The topological polar surface area (TPSA) is 92.1 Å². The molecule has 8 heteroatoms. The van der Waals surface area contributed by atoms with Crippen LogP contribution in [0.15, 0.2) is 83.3 Å². The zero-order chi connectivity index (χ0) is 23.8. The van der Waals surface area contributed by atoms with Gasteiger partial charge in [0.15, 0.2) is 5.82 Å². The van der Waals surface area contributed by atoms with Crippen LogP contribution in [0.2, 0.25) is 5.02 Å². The molecule has 35 heavy (non-hydrogen) atoms. The lowest BCUT2D eigenvalue weighted by molar-refractivity contribution is 0.102. The first kappa shape index (κ1) is 21.4. The number of allylic oxidation sites excluding steroid dienone is 4.